The molecule has 8 atom stereocenters. The van der Waals surface area contributed by atoms with Gasteiger partial charge in [-0.1, -0.05) is 167 Å². The predicted octanol–water partition coefficient (Wildman–Crippen LogP) is 15.4. The van der Waals surface area contributed by atoms with Gasteiger partial charge in [0.05, 0.1) is 32.0 Å². The van der Waals surface area contributed by atoms with E-state index in [1.54, 1.807) is 7.11 Å². The lowest BCUT2D eigenvalue weighted by Crippen LogP contribution is -2.53. The minimum absolute atomic E-state index is 0.00753. The van der Waals surface area contributed by atoms with Gasteiger partial charge >= 0.3 is 0 Å². The molecule has 0 aliphatic carbocycles. The Morgan fingerprint density at radius 3 is 1.59 bits per heavy atom. The Hall–Kier alpha value is -1.27. The highest BCUT2D eigenvalue weighted by Gasteiger charge is 2.48. The maximum Gasteiger partial charge on any atom is 0.200 e. The third kappa shape index (κ3) is 15.3. The van der Waals surface area contributed by atoms with Crippen molar-refractivity contribution in [2.45, 2.75) is 202 Å². The standard InChI is InChI=1S/C50H94O5Si3/c1-24-25-27-40(9)47(52-35-44-30-32-45(51-19)33-31-44)43(12)48(54-57(22,23)50(16,17)18)41(10)29-26-28-39(8)46(42(11)34-53-56(20,21)49(13,14)15)55-58(36(2)3,37(4)5)38(6)7/h24-28,30-33,36-43,46-48H,1,29,34-35H2,2-23H3/t39-,40-,41-,42-,43+,46+,47-,48+/m0/s1. The molecule has 0 bridgehead atoms. The van der Waals surface area contributed by atoms with E-state index < -0.39 is 25.0 Å². The second-order valence-electron chi connectivity index (χ2n) is 21.8. The van der Waals surface area contributed by atoms with Gasteiger partial charge in [-0.05, 0) is 88.8 Å². The van der Waals surface area contributed by atoms with Crippen molar-refractivity contribution in [2.24, 2.45) is 29.6 Å². The van der Waals surface area contributed by atoms with Crippen LogP contribution in [0.4, 0.5) is 0 Å². The summed E-state index contributed by atoms with van der Waals surface area (Å²) in [6.45, 7) is 54.8. The van der Waals surface area contributed by atoms with Crippen LogP contribution in [-0.2, 0) is 24.6 Å². The summed E-state index contributed by atoms with van der Waals surface area (Å²) in [4.78, 5) is 0. The first-order valence-corrected chi connectivity index (χ1v) is 30.7. The predicted molar refractivity (Wildman–Crippen MR) is 262 cm³/mol. The molecule has 0 saturated carbocycles. The van der Waals surface area contributed by atoms with Crippen molar-refractivity contribution < 1.29 is 22.8 Å². The molecule has 1 aromatic rings. The largest absolute Gasteiger partial charge is 0.497 e. The molecule has 0 saturated heterocycles. The molecule has 0 fully saturated rings. The van der Waals surface area contributed by atoms with Gasteiger partial charge in [0.1, 0.15) is 5.75 Å². The summed E-state index contributed by atoms with van der Waals surface area (Å²) in [6, 6.07) is 8.20. The number of benzene rings is 1. The third-order valence-electron chi connectivity index (χ3n) is 14.1. The van der Waals surface area contributed by atoms with Crippen LogP contribution < -0.4 is 4.74 Å². The van der Waals surface area contributed by atoms with Crippen LogP contribution >= 0.6 is 0 Å². The lowest BCUT2D eigenvalue weighted by molar-refractivity contribution is -0.0641. The number of hydrogen-bond acceptors (Lipinski definition) is 5. The van der Waals surface area contributed by atoms with Crippen molar-refractivity contribution in [3.63, 3.8) is 0 Å². The Morgan fingerprint density at radius 2 is 1.14 bits per heavy atom. The summed E-state index contributed by atoms with van der Waals surface area (Å²) < 4.78 is 34.3. The maximum absolute atomic E-state index is 7.68. The highest BCUT2D eigenvalue weighted by atomic mass is 28.4. The molecule has 0 spiro atoms. The van der Waals surface area contributed by atoms with Gasteiger partial charge in [0, 0.05) is 24.4 Å². The van der Waals surface area contributed by atoms with Gasteiger partial charge in [0.25, 0.3) is 0 Å². The molecule has 0 heterocycles. The van der Waals surface area contributed by atoms with Gasteiger partial charge in [-0.3, -0.25) is 0 Å². The van der Waals surface area contributed by atoms with Gasteiger partial charge in [-0.25, -0.2) is 0 Å². The van der Waals surface area contributed by atoms with Crippen molar-refractivity contribution in [3.05, 3.63) is 66.8 Å². The molecular weight excluding hydrogens is 765 g/mol. The van der Waals surface area contributed by atoms with Crippen LogP contribution in [0, 0.1) is 29.6 Å². The van der Waals surface area contributed by atoms with Crippen LogP contribution in [0.3, 0.4) is 0 Å². The zero-order valence-corrected chi connectivity index (χ0v) is 44.9. The summed E-state index contributed by atoms with van der Waals surface area (Å²) in [5.41, 5.74) is 2.67. The highest BCUT2D eigenvalue weighted by Crippen LogP contribution is 2.46. The second kappa shape index (κ2) is 23.3. The van der Waals surface area contributed by atoms with Crippen LogP contribution in [-0.4, -0.2) is 57.0 Å². The molecule has 8 heteroatoms. The normalized spacial score (nSPS) is 18.2. The van der Waals surface area contributed by atoms with Gasteiger partial charge in [0.15, 0.2) is 16.6 Å². The molecule has 0 unspecified atom stereocenters. The van der Waals surface area contributed by atoms with Gasteiger partial charge in [-0.2, -0.15) is 0 Å². The molecule has 0 amide bonds. The van der Waals surface area contributed by atoms with Gasteiger partial charge < -0.3 is 22.8 Å². The van der Waals surface area contributed by atoms with Crippen molar-refractivity contribution in [1.82, 2.24) is 0 Å². The molecule has 0 aliphatic heterocycles. The number of methoxy groups -OCH3 is 1. The molecule has 1 rings (SSSR count). The van der Waals surface area contributed by atoms with Crippen molar-refractivity contribution >= 4 is 25.0 Å². The van der Waals surface area contributed by atoms with E-state index in [0.29, 0.717) is 23.2 Å². The van der Waals surface area contributed by atoms with Crippen molar-refractivity contribution in [1.29, 1.82) is 0 Å². The molecular formula is C50H94O5Si3. The van der Waals surface area contributed by atoms with Gasteiger partial charge in [-0.15, -0.1) is 0 Å². The zero-order valence-electron chi connectivity index (χ0n) is 41.9. The zero-order chi connectivity index (χ0) is 45.0. The minimum atomic E-state index is -2.16. The topological polar surface area (TPSA) is 46.2 Å². The Labute approximate surface area is 364 Å². The Bertz CT molecular complexity index is 1360. The second-order valence-corrected chi connectivity index (χ2v) is 36.7. The molecule has 5 nitrogen and oxygen atoms in total. The maximum atomic E-state index is 7.68. The van der Waals surface area contributed by atoms with E-state index in [9.17, 15) is 0 Å². The van der Waals surface area contributed by atoms with E-state index in [1.165, 1.54) is 0 Å². The van der Waals surface area contributed by atoms with Crippen molar-refractivity contribution in [2.75, 3.05) is 13.7 Å². The molecule has 0 aromatic heterocycles. The van der Waals surface area contributed by atoms with Crippen LogP contribution in [0.2, 0.25) is 52.9 Å². The van der Waals surface area contributed by atoms with E-state index in [4.69, 9.17) is 22.8 Å². The summed E-state index contributed by atoms with van der Waals surface area (Å²) >= 11 is 0. The number of allylic oxidation sites excluding steroid dienone is 3. The van der Waals surface area contributed by atoms with E-state index >= 15 is 0 Å². The fraction of sp³-hybridized carbons (Fsp3) is 0.760. The monoisotopic (exact) mass is 859 g/mol. The minimum Gasteiger partial charge on any atom is -0.497 e. The fourth-order valence-corrected chi connectivity index (χ4v) is 16.6. The first kappa shape index (κ1) is 54.7. The molecule has 0 N–H and O–H groups in total. The fourth-order valence-electron chi connectivity index (χ4n) is 8.29. The summed E-state index contributed by atoms with van der Waals surface area (Å²) in [7, 11) is -4.52. The third-order valence-corrected chi connectivity index (χ3v) is 29.2. The Balaban J connectivity index is 3.63. The first-order chi connectivity index (χ1) is 26.5. The molecule has 1 aromatic carbocycles. The molecule has 0 aliphatic rings. The number of rotatable bonds is 25. The van der Waals surface area contributed by atoms with Crippen LogP contribution in [0.15, 0.2) is 61.2 Å². The lowest BCUT2D eigenvalue weighted by atomic mass is 9.82. The quantitative estimate of drug-likeness (QED) is 0.0557. The Morgan fingerprint density at radius 1 is 0.638 bits per heavy atom. The molecule has 0 radical (unpaired) electrons. The van der Waals surface area contributed by atoms with Gasteiger partial charge in [0.2, 0.25) is 8.32 Å². The van der Waals surface area contributed by atoms with Crippen molar-refractivity contribution in [3.8, 4) is 5.75 Å². The Kier molecular flexibility index (Phi) is 21.9. The number of hydrogen-bond donors (Lipinski definition) is 0. The van der Waals surface area contributed by atoms with Crippen LogP contribution in [0.1, 0.15) is 130 Å². The lowest BCUT2D eigenvalue weighted by Gasteiger charge is -2.47. The smallest absolute Gasteiger partial charge is 0.200 e. The highest BCUT2D eigenvalue weighted by molar-refractivity contribution is 6.77. The molecule has 58 heavy (non-hydrogen) atoms. The average molecular weight is 860 g/mol. The number of ether oxygens (including phenoxy) is 2. The SMILES string of the molecule is C=CC=C[C@H](C)[C@H](OCc1ccc(OC)cc1)[C@@H](C)[C@H](O[Si](C)(C)C(C)(C)C)[C@@H](C)CC=C[C@H](C)[C@@H](O[Si](C(C)C)(C(C)C)C(C)C)[C@@H](C)CO[Si](C)(C)C(C)(C)C. The van der Waals surface area contributed by atoms with E-state index in [1.807, 2.05) is 24.3 Å². The van der Waals surface area contributed by atoms with E-state index in [0.717, 1.165) is 24.3 Å². The van der Waals surface area contributed by atoms with E-state index in [2.05, 4.69) is 181 Å². The summed E-state index contributed by atoms with van der Waals surface area (Å²) in [6.07, 6.45) is 11.9. The van der Waals surface area contributed by atoms with Crippen LogP contribution in [0.25, 0.3) is 0 Å². The van der Waals surface area contributed by atoms with Crippen LogP contribution in [0.5, 0.6) is 5.75 Å². The average Bonchev–Trinajstić information content (AvgIpc) is 3.11. The first-order valence-electron chi connectivity index (χ1n) is 22.7. The molecule has 336 valence electrons. The van der Waals surface area contributed by atoms with E-state index in [-0.39, 0.29) is 58.0 Å². The summed E-state index contributed by atoms with van der Waals surface area (Å²) in [5.74, 6) is 1.91. The summed E-state index contributed by atoms with van der Waals surface area (Å²) in [5, 5.41) is 0.242.